The van der Waals surface area contributed by atoms with Gasteiger partial charge in [0.25, 0.3) is 5.91 Å². The molecule has 8 heteroatoms. The second-order valence-corrected chi connectivity index (χ2v) is 8.21. The third kappa shape index (κ3) is 6.41. The van der Waals surface area contributed by atoms with Crippen LogP contribution in [-0.4, -0.2) is 33.9 Å². The van der Waals surface area contributed by atoms with Crippen LogP contribution in [0.3, 0.4) is 0 Å². The smallest absolute Gasteiger partial charge is 0.281 e. The summed E-state index contributed by atoms with van der Waals surface area (Å²) in [6.07, 6.45) is 0. The van der Waals surface area contributed by atoms with Gasteiger partial charge in [-0.25, -0.2) is 0 Å². The molecule has 0 fully saturated rings. The molecule has 0 amide bonds. The molecule has 36 heavy (non-hydrogen) atoms. The number of anilines is 2. The fraction of sp³-hybridized carbons (Fsp3) is 0.250. The van der Waals surface area contributed by atoms with Gasteiger partial charge in [0.1, 0.15) is 11.5 Å². The number of nitrogens with zero attached hydrogens (tertiary/aromatic N) is 3. The van der Waals surface area contributed by atoms with E-state index >= 15 is 0 Å². The minimum absolute atomic E-state index is 0.255. The van der Waals surface area contributed by atoms with E-state index in [2.05, 4.69) is 20.7 Å². The highest BCUT2D eigenvalue weighted by Gasteiger charge is 2.18. The minimum Gasteiger partial charge on any atom is -0.494 e. The van der Waals surface area contributed by atoms with Crippen LogP contribution in [0.5, 0.6) is 11.5 Å². The summed E-state index contributed by atoms with van der Waals surface area (Å²) in [4.78, 5) is 17.9. The molecule has 0 aliphatic carbocycles. The largest absolute Gasteiger partial charge is 0.494 e. The summed E-state index contributed by atoms with van der Waals surface area (Å²) < 4.78 is 12.3. The predicted octanol–water partition coefficient (Wildman–Crippen LogP) is 5.30. The number of benzene rings is 3. The van der Waals surface area contributed by atoms with E-state index in [4.69, 9.17) is 9.47 Å². The zero-order chi connectivity index (χ0) is 25.3. The number of carbonyl (C=O) groups excluding carboxylic acids is 1. The molecule has 0 radical (unpaired) electrons. The molecule has 2 N–H and O–H groups in total. The van der Waals surface area contributed by atoms with E-state index in [1.165, 1.54) is 4.68 Å². The number of ether oxygens (including phenoxy) is 2. The highest BCUT2D eigenvalue weighted by atomic mass is 16.5. The van der Waals surface area contributed by atoms with Crippen molar-refractivity contribution in [2.24, 2.45) is 0 Å². The van der Waals surface area contributed by atoms with Crippen LogP contribution in [0.2, 0.25) is 0 Å². The van der Waals surface area contributed by atoms with Gasteiger partial charge in [-0.3, -0.25) is 4.79 Å². The Labute approximate surface area is 211 Å². The molecule has 0 saturated heterocycles. The van der Waals surface area contributed by atoms with Crippen LogP contribution in [0, 0.1) is 6.92 Å². The Morgan fingerprint density at radius 2 is 1.42 bits per heavy atom. The second kappa shape index (κ2) is 11.9. The lowest BCUT2D eigenvalue weighted by Gasteiger charge is -2.08. The van der Waals surface area contributed by atoms with Crippen LogP contribution in [0.15, 0.2) is 72.8 Å². The monoisotopic (exact) mass is 485 g/mol. The number of hydrogen-bond donors (Lipinski definition) is 2. The Morgan fingerprint density at radius 3 is 1.97 bits per heavy atom. The summed E-state index contributed by atoms with van der Waals surface area (Å²) in [5.41, 5.74) is 3.62. The standard InChI is InChI=1S/C28H31N5O3/c1-4-35-24-13-9-21(10-14-24)18-29-27-31-28(30-19-22-11-15-25(16-12-22)36-5-2)33(32-27)26(34)23-8-6-7-20(3)17-23/h6-17H,4-5,18-19H2,1-3H3,(H2,29,30,31,32). The number of hydrogen-bond acceptors (Lipinski definition) is 7. The van der Waals surface area contributed by atoms with Gasteiger partial charge in [-0.05, 0) is 68.3 Å². The van der Waals surface area contributed by atoms with Crippen molar-refractivity contribution in [1.82, 2.24) is 14.8 Å². The lowest BCUT2D eigenvalue weighted by atomic mass is 10.1. The normalized spacial score (nSPS) is 10.6. The van der Waals surface area contributed by atoms with Gasteiger partial charge >= 0.3 is 0 Å². The van der Waals surface area contributed by atoms with E-state index in [-0.39, 0.29) is 5.91 Å². The maximum absolute atomic E-state index is 13.3. The molecule has 0 bridgehead atoms. The van der Waals surface area contributed by atoms with Gasteiger partial charge < -0.3 is 20.1 Å². The zero-order valence-electron chi connectivity index (χ0n) is 20.8. The number of aryl methyl sites for hydroxylation is 1. The first-order valence-electron chi connectivity index (χ1n) is 12.1. The van der Waals surface area contributed by atoms with Crippen LogP contribution < -0.4 is 20.1 Å². The number of aromatic nitrogens is 3. The van der Waals surface area contributed by atoms with Crippen molar-refractivity contribution in [2.75, 3.05) is 23.8 Å². The Kier molecular flexibility index (Phi) is 8.18. The number of nitrogens with one attached hydrogen (secondary N) is 2. The van der Waals surface area contributed by atoms with Crippen molar-refractivity contribution in [3.05, 3.63) is 95.1 Å². The molecule has 1 heterocycles. The van der Waals surface area contributed by atoms with Crippen LogP contribution in [0.4, 0.5) is 11.9 Å². The number of rotatable bonds is 11. The number of carbonyl (C=O) groups is 1. The second-order valence-electron chi connectivity index (χ2n) is 8.21. The van der Waals surface area contributed by atoms with E-state index in [0.717, 1.165) is 28.2 Å². The van der Waals surface area contributed by atoms with E-state index in [1.807, 2.05) is 87.5 Å². The molecule has 0 spiro atoms. The Balaban J connectivity index is 1.52. The van der Waals surface area contributed by atoms with E-state index in [0.29, 0.717) is 43.8 Å². The first-order chi connectivity index (χ1) is 17.6. The van der Waals surface area contributed by atoms with Gasteiger partial charge in [0.05, 0.1) is 13.2 Å². The lowest BCUT2D eigenvalue weighted by molar-refractivity contribution is 0.0947. The van der Waals surface area contributed by atoms with Gasteiger partial charge in [-0.2, -0.15) is 9.67 Å². The van der Waals surface area contributed by atoms with E-state index in [9.17, 15) is 4.79 Å². The van der Waals surface area contributed by atoms with Crippen molar-refractivity contribution in [3.8, 4) is 11.5 Å². The van der Waals surface area contributed by atoms with Crippen molar-refractivity contribution < 1.29 is 14.3 Å². The Morgan fingerprint density at radius 1 is 0.833 bits per heavy atom. The summed E-state index contributed by atoms with van der Waals surface area (Å²) in [6.45, 7) is 8.09. The van der Waals surface area contributed by atoms with Crippen LogP contribution in [-0.2, 0) is 13.1 Å². The minimum atomic E-state index is -0.255. The van der Waals surface area contributed by atoms with Gasteiger partial charge in [0.2, 0.25) is 11.9 Å². The van der Waals surface area contributed by atoms with Gasteiger partial charge in [0, 0.05) is 18.7 Å². The molecular weight excluding hydrogens is 454 g/mol. The maximum Gasteiger partial charge on any atom is 0.281 e. The molecule has 3 aromatic carbocycles. The van der Waals surface area contributed by atoms with Crippen molar-refractivity contribution >= 4 is 17.8 Å². The van der Waals surface area contributed by atoms with Crippen molar-refractivity contribution in [2.45, 2.75) is 33.9 Å². The van der Waals surface area contributed by atoms with Crippen molar-refractivity contribution in [3.63, 3.8) is 0 Å². The molecule has 0 atom stereocenters. The third-order valence-corrected chi connectivity index (χ3v) is 5.43. The molecule has 0 aliphatic rings. The fourth-order valence-corrected chi connectivity index (χ4v) is 3.65. The van der Waals surface area contributed by atoms with Crippen LogP contribution in [0.25, 0.3) is 0 Å². The molecular formula is C28H31N5O3. The summed E-state index contributed by atoms with van der Waals surface area (Å²) >= 11 is 0. The van der Waals surface area contributed by atoms with Crippen molar-refractivity contribution in [1.29, 1.82) is 0 Å². The molecule has 8 nitrogen and oxygen atoms in total. The van der Waals surface area contributed by atoms with E-state index < -0.39 is 0 Å². The summed E-state index contributed by atoms with van der Waals surface area (Å²) in [7, 11) is 0. The van der Waals surface area contributed by atoms with Crippen LogP contribution >= 0.6 is 0 Å². The zero-order valence-corrected chi connectivity index (χ0v) is 20.8. The lowest BCUT2D eigenvalue weighted by Crippen LogP contribution is -2.17. The molecule has 0 unspecified atom stereocenters. The average molecular weight is 486 g/mol. The molecule has 4 rings (SSSR count). The highest BCUT2D eigenvalue weighted by molar-refractivity contribution is 5.97. The Hall–Kier alpha value is -4.33. The summed E-state index contributed by atoms with van der Waals surface area (Å²) in [5, 5.41) is 10.9. The molecule has 186 valence electrons. The van der Waals surface area contributed by atoms with Gasteiger partial charge in [0.15, 0.2) is 0 Å². The third-order valence-electron chi connectivity index (χ3n) is 5.43. The molecule has 0 aliphatic heterocycles. The first-order valence-corrected chi connectivity index (χ1v) is 12.1. The maximum atomic E-state index is 13.3. The SMILES string of the molecule is CCOc1ccc(CNc2nc(NCc3ccc(OCC)cc3)n(C(=O)c3cccc(C)c3)n2)cc1. The summed E-state index contributed by atoms with van der Waals surface area (Å²) in [6, 6.07) is 23.1. The van der Waals surface area contributed by atoms with E-state index in [1.54, 1.807) is 6.07 Å². The highest BCUT2D eigenvalue weighted by Crippen LogP contribution is 2.18. The summed E-state index contributed by atoms with van der Waals surface area (Å²) in [5.74, 6) is 2.12. The Bertz CT molecular complexity index is 1280. The van der Waals surface area contributed by atoms with Gasteiger partial charge in [-0.1, -0.05) is 42.0 Å². The molecule has 1 aromatic heterocycles. The fourth-order valence-electron chi connectivity index (χ4n) is 3.65. The average Bonchev–Trinajstić information content (AvgIpc) is 3.31. The molecule has 4 aromatic rings. The topological polar surface area (TPSA) is 90.3 Å². The van der Waals surface area contributed by atoms with Gasteiger partial charge in [-0.15, -0.1) is 5.10 Å². The molecule has 0 saturated carbocycles. The predicted molar refractivity (Wildman–Crippen MR) is 141 cm³/mol. The quantitative estimate of drug-likeness (QED) is 0.298. The first kappa shape index (κ1) is 24.8. The van der Waals surface area contributed by atoms with Crippen LogP contribution in [0.1, 0.15) is 40.9 Å².